The average molecular weight is 241 g/mol. The maximum absolute atomic E-state index is 5.02. The molecule has 0 aliphatic rings. The Labute approximate surface area is 103 Å². The van der Waals surface area contributed by atoms with Gasteiger partial charge in [0.25, 0.3) is 0 Å². The summed E-state index contributed by atoms with van der Waals surface area (Å²) >= 11 is 1.84. The Bertz CT molecular complexity index is 269. The van der Waals surface area contributed by atoms with Crippen molar-refractivity contribution in [3.8, 4) is 0 Å². The van der Waals surface area contributed by atoms with Gasteiger partial charge in [0.1, 0.15) is 0 Å². The molecule has 1 aromatic heterocycles. The SMILES string of the molecule is COCCCCNCC(C)(C)c1cccs1. The van der Waals surface area contributed by atoms with Crippen LogP contribution in [-0.2, 0) is 10.2 Å². The van der Waals surface area contributed by atoms with Crippen LogP contribution < -0.4 is 5.32 Å². The van der Waals surface area contributed by atoms with Crippen molar-refractivity contribution < 1.29 is 4.74 Å². The first-order valence-corrected chi connectivity index (χ1v) is 6.78. The fourth-order valence-electron chi connectivity index (χ4n) is 1.65. The van der Waals surface area contributed by atoms with Crippen LogP contribution in [0.5, 0.6) is 0 Å². The van der Waals surface area contributed by atoms with Crippen molar-refractivity contribution in [2.45, 2.75) is 32.1 Å². The maximum atomic E-state index is 5.02. The third kappa shape index (κ3) is 4.64. The summed E-state index contributed by atoms with van der Waals surface area (Å²) in [5.74, 6) is 0. The first-order chi connectivity index (χ1) is 7.67. The summed E-state index contributed by atoms with van der Waals surface area (Å²) in [5.41, 5.74) is 0.245. The van der Waals surface area contributed by atoms with Crippen LogP contribution in [-0.4, -0.2) is 26.8 Å². The van der Waals surface area contributed by atoms with Gasteiger partial charge in [-0.2, -0.15) is 0 Å². The van der Waals surface area contributed by atoms with Gasteiger partial charge in [-0.15, -0.1) is 11.3 Å². The van der Waals surface area contributed by atoms with Crippen LogP contribution in [0.3, 0.4) is 0 Å². The highest BCUT2D eigenvalue weighted by molar-refractivity contribution is 7.10. The lowest BCUT2D eigenvalue weighted by atomic mass is 9.91. The van der Waals surface area contributed by atoms with Crippen molar-refractivity contribution >= 4 is 11.3 Å². The highest BCUT2D eigenvalue weighted by atomic mass is 32.1. The quantitative estimate of drug-likeness (QED) is 0.706. The summed E-state index contributed by atoms with van der Waals surface area (Å²) in [5, 5.41) is 5.67. The molecule has 1 N–H and O–H groups in total. The molecule has 1 rings (SSSR count). The van der Waals surface area contributed by atoms with Gasteiger partial charge < -0.3 is 10.1 Å². The Morgan fingerprint density at radius 3 is 2.81 bits per heavy atom. The molecule has 0 fully saturated rings. The molecule has 0 aromatic carbocycles. The molecule has 0 amide bonds. The second-order valence-electron chi connectivity index (χ2n) is 4.74. The van der Waals surface area contributed by atoms with Gasteiger partial charge >= 0.3 is 0 Å². The van der Waals surface area contributed by atoms with E-state index in [-0.39, 0.29) is 5.41 Å². The highest BCUT2D eigenvalue weighted by Gasteiger charge is 2.20. The topological polar surface area (TPSA) is 21.3 Å². The fraction of sp³-hybridized carbons (Fsp3) is 0.692. The zero-order chi connectivity index (χ0) is 11.9. The largest absolute Gasteiger partial charge is 0.385 e. The smallest absolute Gasteiger partial charge is 0.0462 e. The first-order valence-electron chi connectivity index (χ1n) is 5.90. The number of methoxy groups -OCH3 is 1. The van der Waals surface area contributed by atoms with Crippen molar-refractivity contribution in [1.29, 1.82) is 0 Å². The van der Waals surface area contributed by atoms with Crippen LogP contribution in [0.25, 0.3) is 0 Å². The zero-order valence-electron chi connectivity index (χ0n) is 10.6. The van der Waals surface area contributed by atoms with Gasteiger partial charge in [0, 0.05) is 30.6 Å². The lowest BCUT2D eigenvalue weighted by molar-refractivity contribution is 0.192. The number of rotatable bonds is 8. The molecule has 0 unspecified atom stereocenters. The molecule has 0 saturated carbocycles. The number of nitrogens with one attached hydrogen (secondary N) is 1. The molecule has 0 bridgehead atoms. The van der Waals surface area contributed by atoms with Crippen molar-refractivity contribution in [1.82, 2.24) is 5.32 Å². The molecule has 2 nitrogen and oxygen atoms in total. The third-order valence-electron chi connectivity index (χ3n) is 2.71. The predicted molar refractivity (Wildman–Crippen MR) is 71.3 cm³/mol. The second kappa shape index (κ2) is 7.05. The number of hydrogen-bond donors (Lipinski definition) is 1. The normalized spacial score (nSPS) is 11.9. The summed E-state index contributed by atoms with van der Waals surface area (Å²) in [6.07, 6.45) is 2.33. The van der Waals surface area contributed by atoms with E-state index in [0.29, 0.717) is 0 Å². The summed E-state index contributed by atoms with van der Waals surface area (Å²) in [4.78, 5) is 1.46. The standard InChI is InChI=1S/C13H23NOS/c1-13(2,12-7-6-10-16-12)11-14-8-4-5-9-15-3/h6-7,10,14H,4-5,8-9,11H2,1-3H3. The van der Waals surface area contributed by atoms with Gasteiger partial charge in [-0.1, -0.05) is 19.9 Å². The minimum atomic E-state index is 0.245. The minimum Gasteiger partial charge on any atom is -0.385 e. The lowest BCUT2D eigenvalue weighted by Crippen LogP contribution is -2.32. The molecule has 0 aliphatic heterocycles. The van der Waals surface area contributed by atoms with Crippen molar-refractivity contribution in [3.05, 3.63) is 22.4 Å². The van der Waals surface area contributed by atoms with E-state index < -0.39 is 0 Å². The van der Waals surface area contributed by atoms with E-state index in [1.165, 1.54) is 11.3 Å². The summed E-state index contributed by atoms with van der Waals surface area (Å²) in [7, 11) is 1.76. The molecule has 3 heteroatoms. The average Bonchev–Trinajstić information content (AvgIpc) is 2.77. The Balaban J connectivity index is 2.17. The highest BCUT2D eigenvalue weighted by Crippen LogP contribution is 2.26. The Morgan fingerprint density at radius 1 is 1.38 bits per heavy atom. The van der Waals surface area contributed by atoms with Gasteiger partial charge in [-0.05, 0) is 30.8 Å². The summed E-state index contributed by atoms with van der Waals surface area (Å²) in [6, 6.07) is 4.34. The second-order valence-corrected chi connectivity index (χ2v) is 5.69. The molecule has 0 radical (unpaired) electrons. The van der Waals surface area contributed by atoms with Crippen LogP contribution in [0.1, 0.15) is 31.6 Å². The molecule has 16 heavy (non-hydrogen) atoms. The third-order valence-corrected chi connectivity index (χ3v) is 3.94. The zero-order valence-corrected chi connectivity index (χ0v) is 11.4. The van der Waals surface area contributed by atoms with Gasteiger partial charge in [-0.25, -0.2) is 0 Å². The minimum absolute atomic E-state index is 0.245. The van der Waals surface area contributed by atoms with Gasteiger partial charge in [0.05, 0.1) is 0 Å². The molecule has 0 saturated heterocycles. The number of hydrogen-bond acceptors (Lipinski definition) is 3. The molecule has 0 aliphatic carbocycles. The number of unbranched alkanes of at least 4 members (excludes halogenated alkanes) is 1. The molecule has 1 heterocycles. The van der Waals surface area contributed by atoms with Crippen LogP contribution in [0.4, 0.5) is 0 Å². The van der Waals surface area contributed by atoms with Crippen molar-refractivity contribution in [2.75, 3.05) is 26.8 Å². The molecule has 1 aromatic rings. The van der Waals surface area contributed by atoms with Crippen molar-refractivity contribution in [3.63, 3.8) is 0 Å². The van der Waals surface area contributed by atoms with Crippen LogP contribution >= 0.6 is 11.3 Å². The van der Waals surface area contributed by atoms with E-state index in [9.17, 15) is 0 Å². The molecule has 0 atom stereocenters. The van der Waals surface area contributed by atoms with E-state index in [2.05, 4.69) is 36.7 Å². The van der Waals surface area contributed by atoms with E-state index >= 15 is 0 Å². The Kier molecular flexibility index (Phi) is 6.03. The van der Waals surface area contributed by atoms with E-state index in [1.807, 2.05) is 11.3 Å². The number of thiophene rings is 1. The Hall–Kier alpha value is -0.380. The number of ether oxygens (including phenoxy) is 1. The van der Waals surface area contributed by atoms with Crippen LogP contribution in [0, 0.1) is 0 Å². The van der Waals surface area contributed by atoms with E-state index in [1.54, 1.807) is 7.11 Å². The monoisotopic (exact) mass is 241 g/mol. The molecular formula is C13H23NOS. The predicted octanol–water partition coefficient (Wildman–Crippen LogP) is 3.04. The molecule has 0 spiro atoms. The van der Waals surface area contributed by atoms with Gasteiger partial charge in [0.2, 0.25) is 0 Å². The Morgan fingerprint density at radius 2 is 2.19 bits per heavy atom. The van der Waals surface area contributed by atoms with E-state index in [0.717, 1.165) is 26.1 Å². The summed E-state index contributed by atoms with van der Waals surface area (Å²) in [6.45, 7) is 7.58. The van der Waals surface area contributed by atoms with Crippen molar-refractivity contribution in [2.24, 2.45) is 0 Å². The van der Waals surface area contributed by atoms with Gasteiger partial charge in [0.15, 0.2) is 0 Å². The lowest BCUT2D eigenvalue weighted by Gasteiger charge is -2.23. The van der Waals surface area contributed by atoms with E-state index in [4.69, 9.17) is 4.74 Å². The molecular weight excluding hydrogens is 218 g/mol. The maximum Gasteiger partial charge on any atom is 0.0462 e. The first kappa shape index (κ1) is 13.7. The fourth-order valence-corrected chi connectivity index (χ4v) is 2.50. The summed E-state index contributed by atoms with van der Waals surface area (Å²) < 4.78 is 5.02. The van der Waals surface area contributed by atoms with Crippen LogP contribution in [0.15, 0.2) is 17.5 Å². The van der Waals surface area contributed by atoms with Gasteiger partial charge in [-0.3, -0.25) is 0 Å². The molecule has 92 valence electrons. The van der Waals surface area contributed by atoms with Crippen LogP contribution in [0.2, 0.25) is 0 Å².